The van der Waals surface area contributed by atoms with Gasteiger partial charge in [-0.15, -0.1) is 0 Å². The minimum absolute atomic E-state index is 0.0798. The first-order valence-electron chi connectivity index (χ1n) is 8.94. The van der Waals surface area contributed by atoms with Crippen LogP contribution in [0.15, 0.2) is 30.6 Å². The molecule has 0 atom stereocenters. The number of anilines is 2. The minimum Gasteiger partial charge on any atom is -0.497 e. The standard InChI is InChI=1S/C18H23N5O4/c1-26-14-5-7-15(8-6-14)27-12-9-19-17-16(23(24)25)18(21-13-20-17)22-10-3-2-4-11-22/h5-8,13H,2-4,9-12H2,1H3,(H,19,20,21). The predicted molar refractivity (Wildman–Crippen MR) is 102 cm³/mol. The van der Waals surface area contributed by atoms with Gasteiger partial charge in [0.2, 0.25) is 11.6 Å². The molecule has 1 aliphatic heterocycles. The fourth-order valence-corrected chi connectivity index (χ4v) is 3.01. The Morgan fingerprint density at radius 1 is 1.15 bits per heavy atom. The lowest BCUT2D eigenvalue weighted by Gasteiger charge is -2.27. The highest BCUT2D eigenvalue weighted by Crippen LogP contribution is 2.33. The molecule has 0 saturated carbocycles. The summed E-state index contributed by atoms with van der Waals surface area (Å²) in [6, 6.07) is 7.23. The predicted octanol–water partition coefficient (Wildman–Crippen LogP) is 2.87. The zero-order valence-corrected chi connectivity index (χ0v) is 15.3. The van der Waals surface area contributed by atoms with E-state index < -0.39 is 4.92 Å². The summed E-state index contributed by atoms with van der Waals surface area (Å²) in [6.07, 6.45) is 4.53. The molecule has 9 heteroatoms. The van der Waals surface area contributed by atoms with Crippen molar-refractivity contribution in [1.29, 1.82) is 0 Å². The summed E-state index contributed by atoms with van der Waals surface area (Å²) in [5.41, 5.74) is -0.0798. The summed E-state index contributed by atoms with van der Waals surface area (Å²) in [6.45, 7) is 2.27. The molecule has 3 rings (SSSR count). The van der Waals surface area contributed by atoms with Crippen LogP contribution in [0.25, 0.3) is 0 Å². The summed E-state index contributed by atoms with van der Waals surface area (Å²) < 4.78 is 10.7. The molecule has 9 nitrogen and oxygen atoms in total. The monoisotopic (exact) mass is 373 g/mol. The minimum atomic E-state index is -0.420. The lowest BCUT2D eigenvalue weighted by Crippen LogP contribution is -2.31. The Hall–Kier alpha value is -3.10. The SMILES string of the molecule is COc1ccc(OCCNc2ncnc(N3CCCCC3)c2[N+](=O)[O-])cc1. The second-order valence-corrected chi connectivity index (χ2v) is 6.15. The van der Waals surface area contributed by atoms with Crippen molar-refractivity contribution in [2.45, 2.75) is 19.3 Å². The second kappa shape index (κ2) is 9.02. The maximum absolute atomic E-state index is 11.6. The van der Waals surface area contributed by atoms with Crippen molar-refractivity contribution in [2.24, 2.45) is 0 Å². The van der Waals surface area contributed by atoms with Crippen LogP contribution in [0.2, 0.25) is 0 Å². The number of hydrogen-bond acceptors (Lipinski definition) is 8. The first-order valence-corrected chi connectivity index (χ1v) is 8.94. The van der Waals surface area contributed by atoms with Crippen molar-refractivity contribution >= 4 is 17.3 Å². The number of nitro groups is 1. The number of piperidine rings is 1. The summed E-state index contributed by atoms with van der Waals surface area (Å²) >= 11 is 0. The van der Waals surface area contributed by atoms with Gasteiger partial charge in [-0.1, -0.05) is 0 Å². The topological polar surface area (TPSA) is 103 Å². The van der Waals surface area contributed by atoms with Gasteiger partial charge in [-0.2, -0.15) is 0 Å². The first kappa shape index (κ1) is 18.7. The highest BCUT2D eigenvalue weighted by atomic mass is 16.6. The van der Waals surface area contributed by atoms with Gasteiger partial charge < -0.3 is 19.7 Å². The van der Waals surface area contributed by atoms with E-state index >= 15 is 0 Å². The number of nitrogens with one attached hydrogen (secondary N) is 1. The van der Waals surface area contributed by atoms with E-state index in [2.05, 4.69) is 15.3 Å². The molecule has 0 spiro atoms. The highest BCUT2D eigenvalue weighted by Gasteiger charge is 2.27. The van der Waals surface area contributed by atoms with Crippen LogP contribution in [0.3, 0.4) is 0 Å². The molecule has 1 N–H and O–H groups in total. The summed E-state index contributed by atoms with van der Waals surface area (Å²) in [5, 5.41) is 14.6. The van der Waals surface area contributed by atoms with E-state index in [0.717, 1.165) is 38.1 Å². The molecule has 1 saturated heterocycles. The molecule has 2 aromatic rings. The summed E-state index contributed by atoms with van der Waals surface area (Å²) in [5.74, 6) is 2.05. The van der Waals surface area contributed by atoms with E-state index in [1.54, 1.807) is 19.2 Å². The van der Waals surface area contributed by atoms with Crippen molar-refractivity contribution in [2.75, 3.05) is 43.6 Å². The Kier molecular flexibility index (Phi) is 6.24. The lowest BCUT2D eigenvalue weighted by atomic mass is 10.1. The Balaban J connectivity index is 1.62. The molecule has 144 valence electrons. The van der Waals surface area contributed by atoms with E-state index in [0.29, 0.717) is 24.7 Å². The van der Waals surface area contributed by atoms with E-state index in [9.17, 15) is 10.1 Å². The maximum Gasteiger partial charge on any atom is 0.353 e. The largest absolute Gasteiger partial charge is 0.497 e. The smallest absolute Gasteiger partial charge is 0.353 e. The zero-order valence-electron chi connectivity index (χ0n) is 15.3. The Morgan fingerprint density at radius 3 is 2.52 bits per heavy atom. The number of ether oxygens (including phenoxy) is 2. The van der Waals surface area contributed by atoms with Gasteiger partial charge in [-0.05, 0) is 43.5 Å². The van der Waals surface area contributed by atoms with E-state index in [-0.39, 0.29) is 11.5 Å². The van der Waals surface area contributed by atoms with Gasteiger partial charge in [0.05, 0.1) is 18.6 Å². The van der Waals surface area contributed by atoms with Crippen LogP contribution >= 0.6 is 0 Å². The Labute approximate surface area is 157 Å². The zero-order chi connectivity index (χ0) is 19.1. The third-order valence-corrected chi connectivity index (χ3v) is 4.36. The number of nitrogens with zero attached hydrogens (tertiary/aromatic N) is 4. The Bertz CT molecular complexity index is 763. The van der Waals surface area contributed by atoms with Crippen LogP contribution in [0.1, 0.15) is 19.3 Å². The van der Waals surface area contributed by atoms with Crippen molar-refractivity contribution in [1.82, 2.24) is 9.97 Å². The molecule has 0 amide bonds. The number of methoxy groups -OCH3 is 1. The molecular formula is C18H23N5O4. The average molecular weight is 373 g/mol. The lowest BCUT2D eigenvalue weighted by molar-refractivity contribution is -0.383. The van der Waals surface area contributed by atoms with Crippen molar-refractivity contribution < 1.29 is 14.4 Å². The third-order valence-electron chi connectivity index (χ3n) is 4.36. The Morgan fingerprint density at radius 2 is 1.85 bits per heavy atom. The molecule has 0 aliphatic carbocycles. The third kappa shape index (κ3) is 4.75. The van der Waals surface area contributed by atoms with Gasteiger partial charge >= 0.3 is 5.69 Å². The summed E-state index contributed by atoms with van der Waals surface area (Å²) in [7, 11) is 1.60. The van der Waals surface area contributed by atoms with Crippen LogP contribution in [0, 0.1) is 10.1 Å². The quantitative estimate of drug-likeness (QED) is 0.428. The van der Waals surface area contributed by atoms with Gasteiger partial charge in [0.15, 0.2) is 0 Å². The normalized spacial score (nSPS) is 13.9. The van der Waals surface area contributed by atoms with E-state index in [4.69, 9.17) is 9.47 Å². The fraction of sp³-hybridized carbons (Fsp3) is 0.444. The van der Waals surface area contributed by atoms with Crippen LogP contribution in [0.4, 0.5) is 17.3 Å². The highest BCUT2D eigenvalue weighted by molar-refractivity contribution is 5.70. The number of hydrogen-bond donors (Lipinski definition) is 1. The van der Waals surface area contributed by atoms with Gasteiger partial charge in [0, 0.05) is 13.1 Å². The maximum atomic E-state index is 11.6. The molecule has 0 radical (unpaired) electrons. The number of benzene rings is 1. The van der Waals surface area contributed by atoms with Crippen LogP contribution < -0.4 is 19.7 Å². The van der Waals surface area contributed by atoms with Crippen LogP contribution in [-0.2, 0) is 0 Å². The molecular weight excluding hydrogens is 350 g/mol. The molecule has 2 heterocycles. The second-order valence-electron chi connectivity index (χ2n) is 6.15. The van der Waals surface area contributed by atoms with Crippen LogP contribution in [0.5, 0.6) is 11.5 Å². The van der Waals surface area contributed by atoms with Gasteiger partial charge in [0.1, 0.15) is 24.4 Å². The summed E-state index contributed by atoms with van der Waals surface area (Å²) in [4.78, 5) is 21.4. The molecule has 0 unspecified atom stereocenters. The fourth-order valence-electron chi connectivity index (χ4n) is 3.01. The van der Waals surface area contributed by atoms with Crippen molar-refractivity contribution in [3.8, 4) is 11.5 Å². The molecule has 1 fully saturated rings. The average Bonchev–Trinajstić information content (AvgIpc) is 2.72. The van der Waals surface area contributed by atoms with E-state index in [1.807, 2.05) is 17.0 Å². The van der Waals surface area contributed by atoms with Crippen molar-refractivity contribution in [3.63, 3.8) is 0 Å². The van der Waals surface area contributed by atoms with Crippen LogP contribution in [-0.4, -0.2) is 48.2 Å². The number of aromatic nitrogens is 2. The molecule has 1 aromatic heterocycles. The first-order chi connectivity index (χ1) is 13.2. The number of rotatable bonds is 8. The molecule has 0 bridgehead atoms. The van der Waals surface area contributed by atoms with Crippen molar-refractivity contribution in [3.05, 3.63) is 40.7 Å². The molecule has 27 heavy (non-hydrogen) atoms. The molecule has 1 aliphatic rings. The van der Waals surface area contributed by atoms with Gasteiger partial charge in [-0.25, -0.2) is 9.97 Å². The molecule has 1 aromatic carbocycles. The van der Waals surface area contributed by atoms with E-state index in [1.165, 1.54) is 6.33 Å². The van der Waals surface area contributed by atoms with Gasteiger partial charge in [-0.3, -0.25) is 10.1 Å². The van der Waals surface area contributed by atoms with Gasteiger partial charge in [0.25, 0.3) is 0 Å².